The summed E-state index contributed by atoms with van der Waals surface area (Å²) in [5.74, 6) is -2.54. The Morgan fingerprint density at radius 2 is 1.93 bits per heavy atom. The van der Waals surface area contributed by atoms with Gasteiger partial charge in [-0.3, -0.25) is 4.79 Å². The van der Waals surface area contributed by atoms with Gasteiger partial charge < -0.3 is 10.2 Å². The van der Waals surface area contributed by atoms with Crippen molar-refractivity contribution in [3.63, 3.8) is 0 Å². The van der Waals surface area contributed by atoms with E-state index in [0.717, 1.165) is 19.3 Å². The highest BCUT2D eigenvalue weighted by Crippen LogP contribution is 2.21. The fourth-order valence-corrected chi connectivity index (χ4v) is 1.64. The molecule has 0 aromatic heterocycles. The topological polar surface area (TPSA) is 74.6 Å². The highest BCUT2D eigenvalue weighted by Gasteiger charge is 2.19. The largest absolute Gasteiger partial charge is 0.481 e. The van der Waals surface area contributed by atoms with E-state index in [1.54, 1.807) is 0 Å². The molecule has 4 nitrogen and oxygen atoms in total. The molecule has 1 aliphatic rings. The second-order valence-corrected chi connectivity index (χ2v) is 3.54. The monoisotopic (exact) mass is 198 g/mol. The number of carbonyl (C=O) groups is 2. The van der Waals surface area contributed by atoms with Crippen LogP contribution < -0.4 is 0 Å². The Bertz CT molecular complexity index is 267. The molecule has 4 heteroatoms. The second-order valence-electron chi connectivity index (χ2n) is 3.54. The van der Waals surface area contributed by atoms with E-state index < -0.39 is 17.9 Å². The SMILES string of the molecule is O=C(O)C1=CC(C(=O)O)CCCCC1. The highest BCUT2D eigenvalue weighted by molar-refractivity contribution is 5.87. The average molecular weight is 198 g/mol. The van der Waals surface area contributed by atoms with E-state index in [1.165, 1.54) is 6.08 Å². The Kier molecular flexibility index (Phi) is 3.68. The maximum atomic E-state index is 10.8. The quantitative estimate of drug-likeness (QED) is 0.707. The van der Waals surface area contributed by atoms with Crippen molar-refractivity contribution in [3.8, 4) is 0 Å². The van der Waals surface area contributed by atoms with E-state index >= 15 is 0 Å². The zero-order chi connectivity index (χ0) is 10.6. The van der Waals surface area contributed by atoms with Gasteiger partial charge in [-0.15, -0.1) is 0 Å². The van der Waals surface area contributed by atoms with Gasteiger partial charge in [-0.25, -0.2) is 4.79 Å². The van der Waals surface area contributed by atoms with Crippen molar-refractivity contribution >= 4 is 11.9 Å². The summed E-state index contributed by atoms with van der Waals surface area (Å²) in [5, 5.41) is 17.6. The summed E-state index contributed by atoms with van der Waals surface area (Å²) in [6.45, 7) is 0. The summed E-state index contributed by atoms with van der Waals surface area (Å²) >= 11 is 0. The van der Waals surface area contributed by atoms with Crippen molar-refractivity contribution in [2.75, 3.05) is 0 Å². The summed E-state index contributed by atoms with van der Waals surface area (Å²) < 4.78 is 0. The number of carboxylic acid groups (broad SMARTS) is 2. The summed E-state index contributed by atoms with van der Waals surface area (Å²) in [4.78, 5) is 21.5. The highest BCUT2D eigenvalue weighted by atomic mass is 16.4. The minimum atomic E-state index is -0.988. The van der Waals surface area contributed by atoms with Crippen LogP contribution in [0, 0.1) is 5.92 Å². The Balaban J connectivity index is 2.82. The van der Waals surface area contributed by atoms with E-state index in [0.29, 0.717) is 12.8 Å². The molecule has 0 aromatic rings. The molecular formula is C10H14O4. The summed E-state index contributed by atoms with van der Waals surface area (Å²) in [6.07, 6.45) is 5.04. The smallest absolute Gasteiger partial charge is 0.331 e. The molecule has 0 bridgehead atoms. The third-order valence-corrected chi connectivity index (χ3v) is 2.46. The second kappa shape index (κ2) is 4.79. The van der Waals surface area contributed by atoms with Crippen LogP contribution in [0.5, 0.6) is 0 Å². The molecule has 0 heterocycles. The summed E-state index contributed by atoms with van der Waals surface area (Å²) in [7, 11) is 0. The van der Waals surface area contributed by atoms with E-state index in [9.17, 15) is 9.59 Å². The third kappa shape index (κ3) is 2.87. The number of hydrogen-bond donors (Lipinski definition) is 2. The van der Waals surface area contributed by atoms with E-state index in [2.05, 4.69) is 0 Å². The molecule has 1 aliphatic carbocycles. The third-order valence-electron chi connectivity index (χ3n) is 2.46. The number of hydrogen-bond acceptors (Lipinski definition) is 2. The van der Waals surface area contributed by atoms with Crippen molar-refractivity contribution in [2.45, 2.75) is 32.1 Å². The van der Waals surface area contributed by atoms with Gasteiger partial charge in [-0.05, 0) is 19.3 Å². The van der Waals surface area contributed by atoms with Gasteiger partial charge in [0.15, 0.2) is 0 Å². The molecule has 78 valence electrons. The first kappa shape index (κ1) is 10.8. The van der Waals surface area contributed by atoms with Gasteiger partial charge in [0.25, 0.3) is 0 Å². The average Bonchev–Trinajstić information content (AvgIpc) is 2.01. The molecule has 0 aliphatic heterocycles. The van der Waals surface area contributed by atoms with Gasteiger partial charge in [0.2, 0.25) is 0 Å². The fourth-order valence-electron chi connectivity index (χ4n) is 1.64. The molecule has 1 unspecified atom stereocenters. The molecule has 1 rings (SSSR count). The standard InChI is InChI=1S/C10H14O4/c11-9(12)7-4-2-1-3-5-8(6-7)10(13)14/h6-7H,1-5H2,(H,11,12)(H,13,14). The molecule has 0 spiro atoms. The van der Waals surface area contributed by atoms with E-state index in [4.69, 9.17) is 10.2 Å². The van der Waals surface area contributed by atoms with Crippen LogP contribution in [0.3, 0.4) is 0 Å². The first-order valence-electron chi connectivity index (χ1n) is 4.78. The van der Waals surface area contributed by atoms with Crippen LogP contribution in [-0.2, 0) is 9.59 Å². The molecule has 0 radical (unpaired) electrons. The van der Waals surface area contributed by atoms with Crippen LogP contribution in [0.25, 0.3) is 0 Å². The van der Waals surface area contributed by atoms with Gasteiger partial charge in [0.1, 0.15) is 0 Å². The maximum absolute atomic E-state index is 10.8. The number of carboxylic acids is 2. The first-order chi connectivity index (χ1) is 6.61. The summed E-state index contributed by atoms with van der Waals surface area (Å²) in [5.41, 5.74) is 0.247. The Morgan fingerprint density at radius 1 is 1.21 bits per heavy atom. The van der Waals surface area contributed by atoms with Crippen molar-refractivity contribution in [1.82, 2.24) is 0 Å². The van der Waals surface area contributed by atoms with E-state index in [1.807, 2.05) is 0 Å². The molecular weight excluding hydrogens is 184 g/mol. The van der Waals surface area contributed by atoms with Crippen LogP contribution in [0.15, 0.2) is 11.6 Å². The van der Waals surface area contributed by atoms with Gasteiger partial charge in [0, 0.05) is 5.57 Å². The Hall–Kier alpha value is -1.32. The lowest BCUT2D eigenvalue weighted by molar-refractivity contribution is -0.140. The zero-order valence-corrected chi connectivity index (χ0v) is 7.90. The molecule has 1 atom stereocenters. The first-order valence-corrected chi connectivity index (χ1v) is 4.78. The van der Waals surface area contributed by atoms with Crippen LogP contribution in [0.2, 0.25) is 0 Å². The predicted molar refractivity (Wildman–Crippen MR) is 49.9 cm³/mol. The van der Waals surface area contributed by atoms with Gasteiger partial charge >= 0.3 is 11.9 Å². The Labute approximate surface area is 82.2 Å². The maximum Gasteiger partial charge on any atom is 0.331 e. The van der Waals surface area contributed by atoms with Crippen molar-refractivity contribution in [1.29, 1.82) is 0 Å². The predicted octanol–water partition coefficient (Wildman–Crippen LogP) is 1.66. The van der Waals surface area contributed by atoms with Crippen LogP contribution in [0.1, 0.15) is 32.1 Å². The van der Waals surface area contributed by atoms with Crippen molar-refractivity contribution < 1.29 is 19.8 Å². The number of rotatable bonds is 2. The minimum absolute atomic E-state index is 0.247. The van der Waals surface area contributed by atoms with Crippen LogP contribution >= 0.6 is 0 Å². The number of aliphatic carboxylic acids is 2. The molecule has 14 heavy (non-hydrogen) atoms. The normalized spacial score (nSPS) is 23.1. The zero-order valence-electron chi connectivity index (χ0n) is 7.90. The minimum Gasteiger partial charge on any atom is -0.481 e. The molecule has 0 fully saturated rings. The molecule has 0 amide bonds. The van der Waals surface area contributed by atoms with Gasteiger partial charge in [-0.1, -0.05) is 18.9 Å². The van der Waals surface area contributed by atoms with E-state index in [-0.39, 0.29) is 5.57 Å². The Morgan fingerprint density at radius 3 is 2.50 bits per heavy atom. The van der Waals surface area contributed by atoms with Crippen LogP contribution in [0.4, 0.5) is 0 Å². The molecule has 2 N–H and O–H groups in total. The lowest BCUT2D eigenvalue weighted by Gasteiger charge is -2.13. The van der Waals surface area contributed by atoms with Gasteiger partial charge in [-0.2, -0.15) is 0 Å². The molecule has 0 saturated heterocycles. The lowest BCUT2D eigenvalue weighted by Crippen LogP contribution is -2.15. The molecule has 0 aromatic carbocycles. The molecule has 0 saturated carbocycles. The fraction of sp³-hybridized carbons (Fsp3) is 0.600. The van der Waals surface area contributed by atoms with Crippen LogP contribution in [-0.4, -0.2) is 22.2 Å². The van der Waals surface area contributed by atoms with Crippen molar-refractivity contribution in [3.05, 3.63) is 11.6 Å². The lowest BCUT2D eigenvalue weighted by atomic mass is 9.92. The summed E-state index contributed by atoms with van der Waals surface area (Å²) in [6, 6.07) is 0. The van der Waals surface area contributed by atoms with Crippen molar-refractivity contribution in [2.24, 2.45) is 5.92 Å². The van der Waals surface area contributed by atoms with Gasteiger partial charge in [0.05, 0.1) is 5.92 Å².